The molecule has 0 saturated carbocycles. The molecule has 0 unspecified atom stereocenters. The first-order valence-corrected chi connectivity index (χ1v) is 8.16. The second-order valence-corrected chi connectivity index (χ2v) is 6.35. The number of carboxylic acid groups (broad SMARTS) is 1. The van der Waals surface area contributed by atoms with Crippen LogP contribution in [0.15, 0.2) is 28.2 Å². The zero-order valence-electron chi connectivity index (χ0n) is 12.6. The summed E-state index contributed by atoms with van der Waals surface area (Å²) in [7, 11) is 0. The Labute approximate surface area is 141 Å². The van der Waals surface area contributed by atoms with Gasteiger partial charge in [0.15, 0.2) is 5.69 Å². The molecule has 1 aliphatic rings. The molecule has 0 radical (unpaired) electrons. The lowest BCUT2D eigenvalue weighted by Crippen LogP contribution is -2.32. The minimum atomic E-state index is -1.10. The van der Waals surface area contributed by atoms with Gasteiger partial charge in [0, 0.05) is 18.3 Å². The molecule has 1 aliphatic heterocycles. The fourth-order valence-corrected chi connectivity index (χ4v) is 3.20. The summed E-state index contributed by atoms with van der Waals surface area (Å²) in [6.45, 7) is 0.841. The van der Waals surface area contributed by atoms with Crippen LogP contribution in [0.4, 0.5) is 0 Å². The Morgan fingerprint density at radius 2 is 2.33 bits per heavy atom. The highest BCUT2D eigenvalue weighted by molar-refractivity contribution is 7.09. The van der Waals surface area contributed by atoms with Crippen molar-refractivity contribution >= 4 is 29.1 Å². The molecule has 2 amide bonds. The first-order valence-electron chi connectivity index (χ1n) is 7.28. The van der Waals surface area contributed by atoms with Gasteiger partial charge in [0.1, 0.15) is 10.8 Å². The predicted octanol–water partition coefficient (Wildman–Crippen LogP) is 1.10. The minimum Gasteiger partial charge on any atom is -0.476 e. The maximum absolute atomic E-state index is 12.2. The number of carbonyl (C=O) groups is 3. The van der Waals surface area contributed by atoms with E-state index < -0.39 is 11.9 Å². The Kier molecular flexibility index (Phi) is 4.61. The number of hydrogen-bond acceptors (Lipinski definition) is 6. The lowest BCUT2D eigenvalue weighted by Gasteiger charge is -2.14. The number of aromatic carboxylic acids is 1. The average Bonchev–Trinajstić information content (AvgIpc) is 3.27. The molecule has 126 valence electrons. The third-order valence-corrected chi connectivity index (χ3v) is 4.55. The number of hydrogen-bond donors (Lipinski definition) is 2. The minimum absolute atomic E-state index is 0.0371. The molecule has 2 N–H and O–H groups in total. The van der Waals surface area contributed by atoms with Crippen LogP contribution in [0.1, 0.15) is 27.7 Å². The fraction of sp³-hybridized carbons (Fsp3) is 0.333. The number of rotatable bonds is 6. The van der Waals surface area contributed by atoms with Gasteiger partial charge in [-0.1, -0.05) is 0 Å². The summed E-state index contributed by atoms with van der Waals surface area (Å²) in [5.74, 6) is -1.18. The van der Waals surface area contributed by atoms with Crippen molar-refractivity contribution in [3.8, 4) is 0 Å². The van der Waals surface area contributed by atoms with Gasteiger partial charge in [-0.25, -0.2) is 9.78 Å². The van der Waals surface area contributed by atoms with Crippen LogP contribution < -0.4 is 5.32 Å². The van der Waals surface area contributed by atoms with Crippen molar-refractivity contribution in [1.29, 1.82) is 0 Å². The number of nitrogens with one attached hydrogen (secondary N) is 1. The van der Waals surface area contributed by atoms with Crippen molar-refractivity contribution < 1.29 is 23.9 Å². The third-order valence-electron chi connectivity index (χ3n) is 3.70. The van der Waals surface area contributed by atoms with Crippen LogP contribution in [-0.2, 0) is 22.7 Å². The van der Waals surface area contributed by atoms with E-state index in [4.69, 9.17) is 9.52 Å². The van der Waals surface area contributed by atoms with E-state index in [1.165, 1.54) is 16.7 Å². The third kappa shape index (κ3) is 3.62. The summed E-state index contributed by atoms with van der Waals surface area (Å²) < 4.78 is 5.22. The highest BCUT2D eigenvalue weighted by Crippen LogP contribution is 2.21. The van der Waals surface area contributed by atoms with Crippen LogP contribution >= 0.6 is 11.3 Å². The van der Waals surface area contributed by atoms with Gasteiger partial charge >= 0.3 is 5.97 Å². The molecule has 24 heavy (non-hydrogen) atoms. The number of carbonyl (C=O) groups excluding carboxylic acids is 2. The molecular formula is C15H15N3O5S. The lowest BCUT2D eigenvalue weighted by molar-refractivity contribution is -0.129. The first-order chi connectivity index (χ1) is 11.5. The summed E-state index contributed by atoms with van der Waals surface area (Å²) in [6, 6.07) is 3.53. The Morgan fingerprint density at radius 1 is 1.50 bits per heavy atom. The fourth-order valence-electron chi connectivity index (χ4n) is 2.49. The summed E-state index contributed by atoms with van der Waals surface area (Å²) in [5, 5.41) is 13.5. The van der Waals surface area contributed by atoms with Crippen molar-refractivity contribution in [1.82, 2.24) is 15.2 Å². The van der Waals surface area contributed by atoms with Gasteiger partial charge in [0.2, 0.25) is 11.8 Å². The molecule has 2 aromatic heterocycles. The summed E-state index contributed by atoms with van der Waals surface area (Å²) in [6.07, 6.45) is 1.70. The van der Waals surface area contributed by atoms with Gasteiger partial charge in [-0.2, -0.15) is 0 Å². The maximum Gasteiger partial charge on any atom is 0.355 e. The van der Waals surface area contributed by atoms with Gasteiger partial charge in [-0.15, -0.1) is 11.3 Å². The predicted molar refractivity (Wildman–Crippen MR) is 83.2 cm³/mol. The average molecular weight is 349 g/mol. The maximum atomic E-state index is 12.2. The molecule has 1 atom stereocenters. The summed E-state index contributed by atoms with van der Waals surface area (Å²) in [4.78, 5) is 40.5. The van der Waals surface area contributed by atoms with Crippen molar-refractivity contribution in [3.05, 3.63) is 40.2 Å². The largest absolute Gasteiger partial charge is 0.476 e. The van der Waals surface area contributed by atoms with Crippen molar-refractivity contribution in [2.45, 2.75) is 19.5 Å². The summed E-state index contributed by atoms with van der Waals surface area (Å²) in [5.41, 5.74) is -0.0371. The Bertz CT molecular complexity index is 755. The second-order valence-electron chi connectivity index (χ2n) is 5.40. The Balaban J connectivity index is 1.52. The van der Waals surface area contributed by atoms with Gasteiger partial charge in [0.05, 0.1) is 25.3 Å². The monoisotopic (exact) mass is 349 g/mol. The first kappa shape index (κ1) is 16.2. The highest BCUT2D eigenvalue weighted by Gasteiger charge is 2.34. The van der Waals surface area contributed by atoms with Crippen LogP contribution in [0, 0.1) is 5.92 Å². The van der Waals surface area contributed by atoms with E-state index in [0.717, 1.165) is 0 Å². The van der Waals surface area contributed by atoms with Gasteiger partial charge in [-0.05, 0) is 12.1 Å². The van der Waals surface area contributed by atoms with Crippen molar-refractivity contribution in [3.63, 3.8) is 0 Å². The standard InChI is InChI=1S/C15H15N3O5S/c19-13-4-9(6-18(13)7-10-2-1-3-23-10)14(20)16-5-12-17-11(8-24-12)15(21)22/h1-3,8-9H,4-7H2,(H,16,20)(H,21,22)/t9-/m1/s1. The van der Waals surface area contributed by atoms with E-state index in [-0.39, 0.29) is 30.5 Å². The summed E-state index contributed by atoms with van der Waals surface area (Å²) >= 11 is 1.17. The number of furan rings is 1. The molecule has 0 spiro atoms. The van der Waals surface area contributed by atoms with Crippen LogP contribution in [-0.4, -0.2) is 39.3 Å². The highest BCUT2D eigenvalue weighted by atomic mass is 32.1. The van der Waals surface area contributed by atoms with Crippen molar-refractivity contribution in [2.75, 3.05) is 6.54 Å². The Hall–Kier alpha value is -2.68. The van der Waals surface area contributed by atoms with E-state index in [1.807, 2.05) is 0 Å². The van der Waals surface area contributed by atoms with Crippen molar-refractivity contribution in [2.24, 2.45) is 5.92 Å². The number of nitrogens with zero attached hydrogens (tertiary/aromatic N) is 2. The number of likely N-dealkylation sites (tertiary alicyclic amines) is 1. The van der Waals surface area contributed by atoms with Crippen LogP contribution in [0.2, 0.25) is 0 Å². The molecule has 9 heteroatoms. The van der Waals surface area contributed by atoms with Crippen LogP contribution in [0.5, 0.6) is 0 Å². The molecule has 1 saturated heterocycles. The molecule has 1 fully saturated rings. The van der Waals surface area contributed by atoms with Crippen LogP contribution in [0.25, 0.3) is 0 Å². The molecule has 0 bridgehead atoms. The number of carboxylic acids is 1. The van der Waals surface area contributed by atoms with Crippen LogP contribution in [0.3, 0.4) is 0 Å². The van der Waals surface area contributed by atoms with E-state index in [9.17, 15) is 14.4 Å². The molecule has 0 aromatic carbocycles. The zero-order chi connectivity index (χ0) is 17.1. The van der Waals surface area contributed by atoms with E-state index in [0.29, 0.717) is 23.9 Å². The molecule has 2 aromatic rings. The second kappa shape index (κ2) is 6.83. The Morgan fingerprint density at radius 3 is 3.00 bits per heavy atom. The number of thiazole rings is 1. The molecule has 8 nitrogen and oxygen atoms in total. The van der Waals surface area contributed by atoms with Gasteiger partial charge in [0.25, 0.3) is 0 Å². The van der Waals surface area contributed by atoms with E-state index in [2.05, 4.69) is 10.3 Å². The van der Waals surface area contributed by atoms with Gasteiger partial charge in [-0.3, -0.25) is 9.59 Å². The normalized spacial score (nSPS) is 17.2. The SMILES string of the molecule is O=C(O)c1csc(CNC(=O)[C@@H]2CC(=O)N(Cc3ccco3)C2)n1. The lowest BCUT2D eigenvalue weighted by atomic mass is 10.1. The molecule has 3 rings (SSSR count). The molecule has 3 heterocycles. The van der Waals surface area contributed by atoms with E-state index >= 15 is 0 Å². The number of aromatic nitrogens is 1. The number of amides is 2. The quantitative estimate of drug-likeness (QED) is 0.807. The molecule has 0 aliphatic carbocycles. The van der Waals surface area contributed by atoms with Gasteiger partial charge < -0.3 is 19.7 Å². The zero-order valence-corrected chi connectivity index (χ0v) is 13.4. The van der Waals surface area contributed by atoms with E-state index in [1.54, 1.807) is 23.3 Å². The topological polar surface area (TPSA) is 113 Å². The molecular weight excluding hydrogens is 334 g/mol. The smallest absolute Gasteiger partial charge is 0.355 e.